The molecule has 3 rings (SSSR count). The maximum absolute atomic E-state index is 14.3. The summed E-state index contributed by atoms with van der Waals surface area (Å²) >= 11 is -0.246. The summed E-state index contributed by atoms with van der Waals surface area (Å²) in [5.41, 5.74) is 3.82. The average molecular weight is 372 g/mol. The summed E-state index contributed by atoms with van der Waals surface area (Å²) in [7, 11) is 1.87. The van der Waals surface area contributed by atoms with Gasteiger partial charge in [-0.25, -0.2) is 13.9 Å². The molecule has 0 aliphatic heterocycles. The van der Waals surface area contributed by atoms with E-state index in [1.165, 1.54) is 0 Å². The van der Waals surface area contributed by atoms with Gasteiger partial charge in [0.2, 0.25) is 5.95 Å². The van der Waals surface area contributed by atoms with Gasteiger partial charge in [0, 0.05) is 24.4 Å². The van der Waals surface area contributed by atoms with Gasteiger partial charge >= 0.3 is 0 Å². The summed E-state index contributed by atoms with van der Waals surface area (Å²) < 4.78 is 30.2. The zero-order valence-electron chi connectivity index (χ0n) is 14.8. The molecule has 5 nitrogen and oxygen atoms in total. The second-order valence-corrected chi connectivity index (χ2v) is 6.83. The highest BCUT2D eigenvalue weighted by Gasteiger charge is 2.19. The number of aryl methyl sites for hydroxylation is 1. The summed E-state index contributed by atoms with van der Waals surface area (Å²) in [6.07, 6.45) is 1.73. The lowest BCUT2D eigenvalue weighted by Crippen LogP contribution is -2.20. The molecule has 0 spiro atoms. The predicted molar refractivity (Wildman–Crippen MR) is 101 cm³/mol. The maximum atomic E-state index is 14.3. The Morgan fingerprint density at radius 1 is 1.19 bits per heavy atom. The molecule has 0 radical (unpaired) electrons. The number of hydrogen-bond donors (Lipinski definition) is 2. The summed E-state index contributed by atoms with van der Waals surface area (Å²) in [5.74, 6) is -0.441. The summed E-state index contributed by atoms with van der Waals surface area (Å²) in [6, 6.07) is 12.7. The van der Waals surface area contributed by atoms with Crippen LogP contribution in [0.2, 0.25) is 0 Å². The van der Waals surface area contributed by atoms with Crippen LogP contribution in [0.5, 0.6) is 0 Å². The van der Waals surface area contributed by atoms with E-state index >= 15 is 0 Å². The molecule has 3 aromatic rings. The van der Waals surface area contributed by atoms with Crippen LogP contribution in [-0.2, 0) is 18.9 Å². The lowest BCUT2D eigenvalue weighted by molar-refractivity contribution is 0.544. The van der Waals surface area contributed by atoms with Crippen molar-refractivity contribution in [3.05, 3.63) is 71.4 Å². The van der Waals surface area contributed by atoms with E-state index in [1.54, 1.807) is 23.0 Å². The van der Waals surface area contributed by atoms with E-state index in [4.69, 9.17) is 0 Å². The molecule has 0 aliphatic rings. The third-order valence-electron chi connectivity index (χ3n) is 4.34. The van der Waals surface area contributed by atoms with Crippen molar-refractivity contribution in [1.29, 1.82) is 0 Å². The zero-order chi connectivity index (χ0) is 18.7. The monoisotopic (exact) mass is 372 g/mol. The van der Waals surface area contributed by atoms with Crippen molar-refractivity contribution < 1.29 is 8.60 Å². The van der Waals surface area contributed by atoms with Crippen LogP contribution in [0.3, 0.4) is 0 Å². The molecule has 1 aromatic carbocycles. The molecule has 2 aromatic heterocycles. The predicted octanol–water partition coefficient (Wildman–Crippen LogP) is 3.28. The molecule has 0 fully saturated rings. The van der Waals surface area contributed by atoms with E-state index in [1.807, 2.05) is 51.2 Å². The molecule has 1 N–H and O–H groups in total. The van der Waals surface area contributed by atoms with Crippen molar-refractivity contribution in [1.82, 2.24) is 19.5 Å². The smallest absolute Gasteiger partial charge is 0.216 e. The van der Waals surface area contributed by atoms with Crippen molar-refractivity contribution in [2.45, 2.75) is 25.8 Å². The third-order valence-corrected chi connectivity index (χ3v) is 4.70. The molecule has 1 atom stereocenters. The number of pyridine rings is 1. The molecule has 2 heterocycles. The topological polar surface area (TPSA) is 59.8 Å². The Balaban J connectivity index is 2.02. The van der Waals surface area contributed by atoms with Crippen LogP contribution in [0.15, 0.2) is 48.7 Å². The van der Waals surface area contributed by atoms with Gasteiger partial charge in [0.25, 0.3) is 0 Å². The Kier molecular flexibility index (Phi) is 5.58. The lowest BCUT2D eigenvalue weighted by atomic mass is 9.98. The van der Waals surface area contributed by atoms with E-state index in [0.717, 1.165) is 16.8 Å². The first-order valence-electron chi connectivity index (χ1n) is 8.33. The Hall–Kier alpha value is -2.38. The highest BCUT2D eigenvalue weighted by Crippen LogP contribution is 2.27. The van der Waals surface area contributed by atoms with Gasteiger partial charge in [0.05, 0.1) is 29.3 Å². The van der Waals surface area contributed by atoms with E-state index in [-0.39, 0.29) is 17.8 Å². The molecule has 7 heteroatoms. The van der Waals surface area contributed by atoms with Gasteiger partial charge < -0.3 is 0 Å². The second kappa shape index (κ2) is 7.88. The first-order chi connectivity index (χ1) is 12.5. The van der Waals surface area contributed by atoms with Crippen molar-refractivity contribution in [3.8, 4) is 11.3 Å². The Labute approximate surface area is 155 Å². The third kappa shape index (κ3) is 3.73. The van der Waals surface area contributed by atoms with Gasteiger partial charge in [-0.3, -0.25) is 4.68 Å². The first kappa shape index (κ1) is 18.4. The Morgan fingerprint density at radius 3 is 2.62 bits per heavy atom. The Bertz CT molecular complexity index is 925. The minimum absolute atomic E-state index is 0.0498. The number of hydrogen-bond acceptors (Lipinski definition) is 3. The normalized spacial score (nSPS) is 12.5. The van der Waals surface area contributed by atoms with E-state index in [9.17, 15) is 8.60 Å². The number of benzene rings is 1. The van der Waals surface area contributed by atoms with Gasteiger partial charge in [-0.15, -0.1) is 0 Å². The first-order valence-corrected chi connectivity index (χ1v) is 9.15. The number of aromatic nitrogens is 3. The summed E-state index contributed by atoms with van der Waals surface area (Å²) in [5, 5.41) is 4.19. The quantitative estimate of drug-likeness (QED) is 0.516. The van der Waals surface area contributed by atoms with Crippen LogP contribution in [0.25, 0.3) is 11.3 Å². The van der Waals surface area contributed by atoms with Gasteiger partial charge in [-0.1, -0.05) is 38.1 Å². The minimum Gasteiger partial charge on any atom is -0.268 e. The Morgan fingerprint density at radius 2 is 2.00 bits per heavy atom. The molecule has 0 amide bonds. The standard InChI is InChI=1S/C19H21FN4OS/c1-12(2)15-7-8-16(22-19(15)20)18(23-26-25)14-6-4-5-13(11-14)17-9-10-21-24(17)3/h4-12,18,26H,1-3H3,(H,23,25)/t18-/m0/s1. The zero-order valence-corrected chi connectivity index (χ0v) is 15.7. The summed E-state index contributed by atoms with van der Waals surface area (Å²) in [4.78, 5) is 4.11. The minimum atomic E-state index is -0.491. The number of rotatable bonds is 6. The molecular weight excluding hydrogens is 351 g/mol. The number of nitrogens with zero attached hydrogens (tertiary/aromatic N) is 3. The van der Waals surface area contributed by atoms with Crippen LogP contribution in [-0.4, -0.2) is 19.0 Å². The largest absolute Gasteiger partial charge is 0.268 e. The van der Waals surface area contributed by atoms with Gasteiger partial charge in [-0.2, -0.15) is 9.49 Å². The van der Waals surface area contributed by atoms with Gasteiger partial charge in [0.15, 0.2) is 0 Å². The molecule has 26 heavy (non-hydrogen) atoms. The fourth-order valence-electron chi connectivity index (χ4n) is 2.95. The number of halogens is 1. The molecule has 0 saturated heterocycles. The van der Waals surface area contributed by atoms with Crippen molar-refractivity contribution >= 4 is 11.9 Å². The number of thiol groups is 1. The van der Waals surface area contributed by atoms with Crippen LogP contribution < -0.4 is 4.72 Å². The molecule has 136 valence electrons. The fourth-order valence-corrected chi connectivity index (χ4v) is 3.34. The van der Waals surface area contributed by atoms with Gasteiger partial charge in [-0.05, 0) is 29.7 Å². The van der Waals surface area contributed by atoms with Crippen LogP contribution >= 0.6 is 0 Å². The van der Waals surface area contributed by atoms with E-state index in [2.05, 4.69) is 14.8 Å². The van der Waals surface area contributed by atoms with Crippen LogP contribution in [0.1, 0.15) is 42.6 Å². The molecule has 0 saturated carbocycles. The van der Waals surface area contributed by atoms with E-state index < -0.39 is 12.0 Å². The lowest BCUT2D eigenvalue weighted by Gasteiger charge is -2.18. The highest BCUT2D eigenvalue weighted by atomic mass is 32.2. The van der Waals surface area contributed by atoms with Gasteiger partial charge in [0.1, 0.15) is 0 Å². The molecule has 0 bridgehead atoms. The SMILES string of the molecule is CC(C)c1ccc([C@@H](N[SH]=O)c2cccc(-c3ccnn3C)c2)nc1F. The summed E-state index contributed by atoms with van der Waals surface area (Å²) in [6.45, 7) is 3.84. The van der Waals surface area contributed by atoms with Crippen LogP contribution in [0.4, 0.5) is 4.39 Å². The van der Waals surface area contributed by atoms with Crippen LogP contribution in [0, 0.1) is 5.95 Å². The van der Waals surface area contributed by atoms with Crippen molar-refractivity contribution in [2.24, 2.45) is 7.05 Å². The molecular formula is C19H21FN4OS. The van der Waals surface area contributed by atoms with E-state index in [0.29, 0.717) is 11.3 Å². The number of nitrogens with one attached hydrogen (secondary N) is 1. The average Bonchev–Trinajstić information content (AvgIpc) is 3.05. The highest BCUT2D eigenvalue weighted by molar-refractivity contribution is 7.63. The molecule has 0 unspecified atom stereocenters. The second-order valence-electron chi connectivity index (χ2n) is 6.39. The molecule has 0 aliphatic carbocycles. The van der Waals surface area contributed by atoms with Crippen molar-refractivity contribution in [3.63, 3.8) is 0 Å². The maximum Gasteiger partial charge on any atom is 0.216 e. The fraction of sp³-hybridized carbons (Fsp3) is 0.263. The van der Waals surface area contributed by atoms with Crippen molar-refractivity contribution in [2.75, 3.05) is 0 Å².